The van der Waals surface area contributed by atoms with Crippen molar-refractivity contribution in [2.24, 2.45) is 0 Å². The lowest BCUT2D eigenvalue weighted by Crippen LogP contribution is -2.08. The third-order valence-corrected chi connectivity index (χ3v) is 2.64. The molecule has 5 heteroatoms. The van der Waals surface area contributed by atoms with Crippen LogP contribution in [-0.4, -0.2) is 21.4 Å². The molecule has 4 nitrogen and oxygen atoms in total. The van der Waals surface area contributed by atoms with E-state index in [1.807, 2.05) is 6.92 Å². The van der Waals surface area contributed by atoms with Crippen LogP contribution in [-0.2, 0) is 12.8 Å². The van der Waals surface area contributed by atoms with E-state index in [9.17, 15) is 9.50 Å². The fourth-order valence-corrected chi connectivity index (χ4v) is 1.62. The molecule has 18 heavy (non-hydrogen) atoms. The summed E-state index contributed by atoms with van der Waals surface area (Å²) in [5.41, 5.74) is 0.790. The van der Waals surface area contributed by atoms with Crippen LogP contribution in [0.15, 0.2) is 28.8 Å². The van der Waals surface area contributed by atoms with Crippen molar-refractivity contribution in [2.45, 2.75) is 32.3 Å². The first-order valence-electron chi connectivity index (χ1n) is 5.91. The number of benzene rings is 1. The summed E-state index contributed by atoms with van der Waals surface area (Å²) in [7, 11) is 0. The number of halogens is 1. The minimum absolute atomic E-state index is 0.280. The maximum Gasteiger partial charge on any atom is 0.229 e. The molecular formula is C13H15FN2O2. The smallest absolute Gasteiger partial charge is 0.229 e. The number of rotatable bonds is 5. The minimum Gasteiger partial charge on any atom is -0.393 e. The number of nitrogens with zero attached hydrogens (tertiary/aromatic N) is 2. The molecule has 1 aromatic carbocycles. The highest BCUT2D eigenvalue weighted by molar-refractivity contribution is 5.19. The molecule has 0 aliphatic rings. The fourth-order valence-electron chi connectivity index (χ4n) is 1.62. The molecule has 0 radical (unpaired) electrons. The van der Waals surface area contributed by atoms with Gasteiger partial charge in [-0.05, 0) is 24.1 Å². The number of aliphatic hydroxyl groups is 1. The highest BCUT2D eigenvalue weighted by Gasteiger charge is 2.11. The Kier molecular flexibility index (Phi) is 4.04. The van der Waals surface area contributed by atoms with Crippen molar-refractivity contribution in [1.82, 2.24) is 10.1 Å². The van der Waals surface area contributed by atoms with E-state index in [1.165, 1.54) is 12.1 Å². The Balaban J connectivity index is 2.02. The lowest BCUT2D eigenvalue weighted by molar-refractivity contribution is 0.158. The molecule has 1 unspecified atom stereocenters. The maximum atomic E-state index is 13.0. The summed E-state index contributed by atoms with van der Waals surface area (Å²) in [4.78, 5) is 4.16. The first kappa shape index (κ1) is 12.7. The van der Waals surface area contributed by atoms with Crippen LogP contribution in [0.4, 0.5) is 4.39 Å². The molecule has 2 rings (SSSR count). The molecule has 0 fully saturated rings. The van der Waals surface area contributed by atoms with Gasteiger partial charge in [-0.15, -0.1) is 0 Å². The summed E-state index contributed by atoms with van der Waals surface area (Å²) in [5.74, 6) is 0.632. The molecule has 0 aliphatic carbocycles. The molecule has 96 valence electrons. The highest BCUT2D eigenvalue weighted by Crippen LogP contribution is 2.10. The second kappa shape index (κ2) is 5.73. The zero-order valence-corrected chi connectivity index (χ0v) is 10.1. The Morgan fingerprint density at radius 2 is 2.28 bits per heavy atom. The van der Waals surface area contributed by atoms with Crippen LogP contribution >= 0.6 is 0 Å². The summed E-state index contributed by atoms with van der Waals surface area (Å²) in [6.07, 6.45) is 0.949. The van der Waals surface area contributed by atoms with Crippen LogP contribution in [0.1, 0.15) is 30.6 Å². The van der Waals surface area contributed by atoms with Crippen molar-refractivity contribution in [1.29, 1.82) is 0 Å². The summed E-state index contributed by atoms with van der Waals surface area (Å²) in [6.45, 7) is 1.88. The fraction of sp³-hybridized carbons (Fsp3) is 0.385. The van der Waals surface area contributed by atoms with Gasteiger partial charge in [0.15, 0.2) is 5.82 Å². The largest absolute Gasteiger partial charge is 0.393 e. The Hall–Kier alpha value is -1.75. The lowest BCUT2D eigenvalue weighted by Gasteiger charge is -2.01. The van der Waals surface area contributed by atoms with E-state index in [0.29, 0.717) is 31.0 Å². The first-order chi connectivity index (χ1) is 8.67. The van der Waals surface area contributed by atoms with Gasteiger partial charge in [0, 0.05) is 6.42 Å². The van der Waals surface area contributed by atoms with Gasteiger partial charge in [0.05, 0.1) is 12.5 Å². The zero-order valence-electron chi connectivity index (χ0n) is 10.1. The van der Waals surface area contributed by atoms with Gasteiger partial charge >= 0.3 is 0 Å². The number of aromatic nitrogens is 2. The van der Waals surface area contributed by atoms with Crippen molar-refractivity contribution >= 4 is 0 Å². The van der Waals surface area contributed by atoms with Crippen LogP contribution in [0.3, 0.4) is 0 Å². The Morgan fingerprint density at radius 1 is 1.44 bits per heavy atom. The van der Waals surface area contributed by atoms with Crippen molar-refractivity contribution in [2.75, 3.05) is 0 Å². The molecule has 0 aliphatic heterocycles. The standard InChI is InChI=1S/C13H15FN2O2/c1-2-11(17)8-13-15-12(16-18-13)7-9-4-3-5-10(14)6-9/h3-6,11,17H,2,7-8H2,1H3. The molecule has 1 aromatic heterocycles. The molecule has 0 saturated carbocycles. The first-order valence-corrected chi connectivity index (χ1v) is 5.91. The van der Waals surface area contributed by atoms with Crippen molar-refractivity contribution in [3.8, 4) is 0 Å². The van der Waals surface area contributed by atoms with Gasteiger partial charge in [-0.3, -0.25) is 0 Å². The van der Waals surface area contributed by atoms with Crippen molar-refractivity contribution in [3.05, 3.63) is 47.4 Å². The van der Waals surface area contributed by atoms with Crippen LogP contribution in [0.2, 0.25) is 0 Å². The van der Waals surface area contributed by atoms with Crippen molar-refractivity contribution < 1.29 is 14.0 Å². The van der Waals surface area contributed by atoms with Gasteiger partial charge < -0.3 is 9.63 Å². The quantitative estimate of drug-likeness (QED) is 0.883. The molecule has 0 amide bonds. The second-order valence-electron chi connectivity index (χ2n) is 4.18. The topological polar surface area (TPSA) is 59.2 Å². The SMILES string of the molecule is CCC(O)Cc1nc(Cc2cccc(F)c2)no1. The summed E-state index contributed by atoms with van der Waals surface area (Å²) in [5, 5.41) is 13.3. The Labute approximate surface area is 104 Å². The molecule has 0 spiro atoms. The number of aliphatic hydroxyl groups excluding tert-OH is 1. The monoisotopic (exact) mass is 250 g/mol. The predicted octanol–water partition coefficient (Wildman–Crippen LogP) is 2.11. The van der Waals surface area contributed by atoms with Gasteiger partial charge in [0.2, 0.25) is 5.89 Å². The normalized spacial score (nSPS) is 12.6. The highest BCUT2D eigenvalue weighted by atomic mass is 19.1. The average Bonchev–Trinajstić information content (AvgIpc) is 2.76. The van der Waals surface area contributed by atoms with E-state index in [0.717, 1.165) is 5.56 Å². The van der Waals surface area contributed by atoms with E-state index in [4.69, 9.17) is 4.52 Å². The van der Waals surface area contributed by atoms with Gasteiger partial charge in [-0.25, -0.2) is 4.39 Å². The molecule has 1 heterocycles. The van der Waals surface area contributed by atoms with Gasteiger partial charge in [-0.1, -0.05) is 24.2 Å². The van der Waals surface area contributed by atoms with Gasteiger partial charge in [0.1, 0.15) is 5.82 Å². The number of hydrogen-bond acceptors (Lipinski definition) is 4. The lowest BCUT2D eigenvalue weighted by atomic mass is 10.1. The van der Waals surface area contributed by atoms with E-state index in [2.05, 4.69) is 10.1 Å². The van der Waals surface area contributed by atoms with Crippen molar-refractivity contribution in [3.63, 3.8) is 0 Å². The van der Waals surface area contributed by atoms with E-state index in [-0.39, 0.29) is 5.82 Å². The Morgan fingerprint density at radius 3 is 3.00 bits per heavy atom. The predicted molar refractivity (Wildman–Crippen MR) is 63.5 cm³/mol. The Bertz CT molecular complexity index is 513. The third-order valence-electron chi connectivity index (χ3n) is 2.64. The summed E-state index contributed by atoms with van der Waals surface area (Å²) < 4.78 is 18.0. The third kappa shape index (κ3) is 3.37. The molecular weight excluding hydrogens is 235 g/mol. The second-order valence-corrected chi connectivity index (χ2v) is 4.18. The molecule has 1 N–H and O–H groups in total. The maximum absolute atomic E-state index is 13.0. The van der Waals surface area contributed by atoms with E-state index in [1.54, 1.807) is 12.1 Å². The minimum atomic E-state index is -0.465. The van der Waals surface area contributed by atoms with Gasteiger partial charge in [0.25, 0.3) is 0 Å². The average molecular weight is 250 g/mol. The molecule has 1 atom stereocenters. The molecule has 0 bridgehead atoms. The summed E-state index contributed by atoms with van der Waals surface area (Å²) in [6, 6.07) is 6.28. The number of hydrogen-bond donors (Lipinski definition) is 1. The van der Waals surface area contributed by atoms with E-state index < -0.39 is 6.10 Å². The van der Waals surface area contributed by atoms with Crippen LogP contribution in [0.5, 0.6) is 0 Å². The van der Waals surface area contributed by atoms with Crippen LogP contribution in [0, 0.1) is 5.82 Å². The molecule has 0 saturated heterocycles. The van der Waals surface area contributed by atoms with E-state index >= 15 is 0 Å². The van der Waals surface area contributed by atoms with Crippen LogP contribution < -0.4 is 0 Å². The van der Waals surface area contributed by atoms with Gasteiger partial charge in [-0.2, -0.15) is 4.98 Å². The molecule has 2 aromatic rings. The summed E-state index contributed by atoms with van der Waals surface area (Å²) >= 11 is 0. The zero-order chi connectivity index (χ0) is 13.0. The van der Waals surface area contributed by atoms with Crippen LogP contribution in [0.25, 0.3) is 0 Å².